The van der Waals surface area contributed by atoms with Gasteiger partial charge in [0.2, 0.25) is 5.91 Å². The van der Waals surface area contributed by atoms with Gasteiger partial charge in [-0.2, -0.15) is 0 Å². The van der Waals surface area contributed by atoms with Crippen LogP contribution in [-0.4, -0.2) is 21.9 Å². The van der Waals surface area contributed by atoms with E-state index in [0.717, 1.165) is 21.3 Å². The second-order valence-corrected chi connectivity index (χ2v) is 8.41. The Hall–Kier alpha value is -1.40. The third kappa shape index (κ3) is 5.95. The minimum absolute atomic E-state index is 0.00681. The molecule has 2 rings (SSSR count). The summed E-state index contributed by atoms with van der Waals surface area (Å²) in [6.07, 6.45) is 1.08. The summed E-state index contributed by atoms with van der Waals surface area (Å²) in [6.45, 7) is 8.35. The molecule has 4 nitrogen and oxygen atoms in total. The number of carbonyl (C=O) groups excluding carboxylic acids is 1. The first-order chi connectivity index (χ1) is 10.9. The molecule has 1 aromatic heterocycles. The van der Waals surface area contributed by atoms with Crippen molar-refractivity contribution in [2.45, 2.75) is 44.5 Å². The predicted molar refractivity (Wildman–Crippen MR) is 96.9 cm³/mol. The molecule has 0 unspecified atom stereocenters. The number of thioether (sulfide) groups is 1. The van der Waals surface area contributed by atoms with Crippen molar-refractivity contribution in [1.82, 2.24) is 15.5 Å². The molecule has 0 aliphatic carbocycles. The fourth-order valence-corrected chi connectivity index (χ4v) is 3.87. The first kappa shape index (κ1) is 17.9. The van der Waals surface area contributed by atoms with Crippen LogP contribution in [0.1, 0.15) is 42.9 Å². The Morgan fingerprint density at radius 3 is 2.48 bits per heavy atom. The SMILES string of the molecule is Cc1nnc(SCC(=O)N[C@@H](C)c2ccc(CC(C)C)cc2)s1. The molecule has 0 aliphatic rings. The first-order valence-corrected chi connectivity index (χ1v) is 9.55. The number of benzene rings is 1. The predicted octanol–water partition coefficient (Wildman–Crippen LogP) is 4.01. The van der Waals surface area contributed by atoms with Gasteiger partial charge in [-0.3, -0.25) is 4.79 Å². The van der Waals surface area contributed by atoms with E-state index in [4.69, 9.17) is 0 Å². The van der Waals surface area contributed by atoms with Gasteiger partial charge < -0.3 is 5.32 Å². The summed E-state index contributed by atoms with van der Waals surface area (Å²) >= 11 is 2.94. The second kappa shape index (κ2) is 8.45. The Morgan fingerprint density at radius 2 is 1.91 bits per heavy atom. The van der Waals surface area contributed by atoms with E-state index in [1.54, 1.807) is 0 Å². The number of hydrogen-bond donors (Lipinski definition) is 1. The Labute approximate surface area is 146 Å². The molecule has 6 heteroatoms. The van der Waals surface area contributed by atoms with Crippen molar-refractivity contribution in [3.63, 3.8) is 0 Å². The van der Waals surface area contributed by atoms with Gasteiger partial charge in [0.05, 0.1) is 11.8 Å². The molecule has 1 atom stereocenters. The molecular weight excluding hydrogens is 326 g/mol. The van der Waals surface area contributed by atoms with Gasteiger partial charge in [0.1, 0.15) is 5.01 Å². The van der Waals surface area contributed by atoms with Crippen LogP contribution in [0, 0.1) is 12.8 Å². The van der Waals surface area contributed by atoms with Gasteiger partial charge in [0.25, 0.3) is 0 Å². The number of nitrogens with one attached hydrogen (secondary N) is 1. The van der Waals surface area contributed by atoms with Gasteiger partial charge in [-0.25, -0.2) is 0 Å². The van der Waals surface area contributed by atoms with E-state index in [2.05, 4.69) is 53.6 Å². The number of aromatic nitrogens is 2. The Balaban J connectivity index is 1.83. The lowest BCUT2D eigenvalue weighted by molar-refractivity contribution is -0.119. The maximum Gasteiger partial charge on any atom is 0.230 e. The molecule has 0 aliphatic heterocycles. The van der Waals surface area contributed by atoms with Crippen LogP contribution in [0.2, 0.25) is 0 Å². The lowest BCUT2D eigenvalue weighted by Gasteiger charge is -2.15. The fourth-order valence-electron chi connectivity index (χ4n) is 2.24. The van der Waals surface area contributed by atoms with Gasteiger partial charge in [0.15, 0.2) is 4.34 Å². The molecule has 0 saturated heterocycles. The van der Waals surface area contributed by atoms with E-state index in [-0.39, 0.29) is 11.9 Å². The fraction of sp³-hybridized carbons (Fsp3) is 0.471. The molecule has 124 valence electrons. The molecule has 1 N–H and O–H groups in total. The topological polar surface area (TPSA) is 54.9 Å². The molecule has 1 heterocycles. The van der Waals surface area contributed by atoms with Gasteiger partial charge in [-0.15, -0.1) is 10.2 Å². The lowest BCUT2D eigenvalue weighted by Crippen LogP contribution is -2.28. The number of rotatable bonds is 7. The lowest BCUT2D eigenvalue weighted by atomic mass is 10.00. The average molecular weight is 350 g/mol. The summed E-state index contributed by atoms with van der Waals surface area (Å²) in [5.74, 6) is 1.03. The van der Waals surface area contributed by atoms with Crippen LogP contribution in [0.5, 0.6) is 0 Å². The highest BCUT2D eigenvalue weighted by Crippen LogP contribution is 2.22. The van der Waals surface area contributed by atoms with E-state index in [1.807, 2.05) is 13.8 Å². The number of hydrogen-bond acceptors (Lipinski definition) is 5. The number of nitrogens with zero attached hydrogens (tertiary/aromatic N) is 2. The zero-order valence-corrected chi connectivity index (χ0v) is 15.6. The maximum absolute atomic E-state index is 12.0. The Kier molecular flexibility index (Phi) is 6.59. The molecule has 1 amide bonds. The van der Waals surface area contributed by atoms with Crippen molar-refractivity contribution in [1.29, 1.82) is 0 Å². The largest absolute Gasteiger partial charge is 0.349 e. The number of amides is 1. The van der Waals surface area contributed by atoms with E-state index in [1.165, 1.54) is 28.7 Å². The molecule has 0 spiro atoms. The third-order valence-electron chi connectivity index (χ3n) is 3.34. The summed E-state index contributed by atoms with van der Waals surface area (Å²) in [5.41, 5.74) is 2.46. The zero-order valence-electron chi connectivity index (χ0n) is 14.0. The minimum atomic E-state index is 0.00681. The summed E-state index contributed by atoms with van der Waals surface area (Å²) in [6, 6.07) is 8.51. The monoisotopic (exact) mass is 349 g/mol. The van der Waals surface area contributed by atoms with Crippen molar-refractivity contribution >= 4 is 29.0 Å². The highest BCUT2D eigenvalue weighted by atomic mass is 32.2. The van der Waals surface area contributed by atoms with Crippen LogP contribution in [-0.2, 0) is 11.2 Å². The van der Waals surface area contributed by atoms with Gasteiger partial charge in [-0.05, 0) is 37.3 Å². The highest BCUT2D eigenvalue weighted by Gasteiger charge is 2.11. The van der Waals surface area contributed by atoms with Gasteiger partial charge >= 0.3 is 0 Å². The molecule has 1 aromatic carbocycles. The van der Waals surface area contributed by atoms with Crippen LogP contribution in [0.4, 0.5) is 0 Å². The molecular formula is C17H23N3OS2. The third-order valence-corrected chi connectivity index (χ3v) is 5.31. The van der Waals surface area contributed by atoms with E-state index < -0.39 is 0 Å². The number of aryl methyl sites for hydroxylation is 1. The summed E-state index contributed by atoms with van der Waals surface area (Å²) in [7, 11) is 0. The standard InChI is InChI=1S/C17H23N3OS2/c1-11(2)9-14-5-7-15(8-6-14)12(3)18-16(21)10-22-17-20-19-13(4)23-17/h5-8,11-12H,9-10H2,1-4H3,(H,18,21)/t12-/m0/s1. The smallest absolute Gasteiger partial charge is 0.230 e. The first-order valence-electron chi connectivity index (χ1n) is 7.75. The van der Waals surface area contributed by atoms with E-state index >= 15 is 0 Å². The highest BCUT2D eigenvalue weighted by molar-refractivity contribution is 8.01. The quantitative estimate of drug-likeness (QED) is 0.767. The van der Waals surface area contributed by atoms with Crippen molar-refractivity contribution in [2.24, 2.45) is 5.92 Å². The molecule has 0 fully saturated rings. The number of carbonyl (C=O) groups is 1. The Morgan fingerprint density at radius 1 is 1.22 bits per heavy atom. The second-order valence-electron chi connectivity index (χ2n) is 6.00. The molecule has 2 aromatic rings. The summed E-state index contributed by atoms with van der Waals surface area (Å²) < 4.78 is 0.836. The van der Waals surface area contributed by atoms with Crippen molar-refractivity contribution in [2.75, 3.05) is 5.75 Å². The van der Waals surface area contributed by atoms with Crippen LogP contribution in [0.25, 0.3) is 0 Å². The average Bonchev–Trinajstić information content (AvgIpc) is 2.91. The summed E-state index contributed by atoms with van der Waals surface area (Å²) in [4.78, 5) is 12.0. The van der Waals surface area contributed by atoms with Crippen molar-refractivity contribution in [3.8, 4) is 0 Å². The van der Waals surface area contributed by atoms with Gasteiger partial charge in [0, 0.05) is 0 Å². The van der Waals surface area contributed by atoms with Crippen molar-refractivity contribution in [3.05, 3.63) is 40.4 Å². The summed E-state index contributed by atoms with van der Waals surface area (Å²) in [5, 5.41) is 11.9. The van der Waals surface area contributed by atoms with Crippen LogP contribution < -0.4 is 5.32 Å². The van der Waals surface area contributed by atoms with Crippen LogP contribution in [0.3, 0.4) is 0 Å². The van der Waals surface area contributed by atoms with Gasteiger partial charge in [-0.1, -0.05) is 61.2 Å². The minimum Gasteiger partial charge on any atom is -0.349 e. The van der Waals surface area contributed by atoms with E-state index in [0.29, 0.717) is 11.7 Å². The van der Waals surface area contributed by atoms with E-state index in [9.17, 15) is 4.79 Å². The zero-order chi connectivity index (χ0) is 16.8. The molecule has 0 bridgehead atoms. The van der Waals surface area contributed by atoms with Crippen LogP contribution in [0.15, 0.2) is 28.6 Å². The van der Waals surface area contributed by atoms with Crippen LogP contribution >= 0.6 is 23.1 Å². The molecule has 0 saturated carbocycles. The molecule has 0 radical (unpaired) electrons. The maximum atomic E-state index is 12.0. The molecule has 23 heavy (non-hydrogen) atoms. The normalized spacial score (nSPS) is 12.4. The Bertz CT molecular complexity index is 638. The van der Waals surface area contributed by atoms with Crippen molar-refractivity contribution < 1.29 is 4.79 Å².